The molecule has 0 amide bonds. The Morgan fingerprint density at radius 2 is 1.90 bits per heavy atom. The fourth-order valence-corrected chi connectivity index (χ4v) is 2.35. The van der Waals surface area contributed by atoms with E-state index in [-0.39, 0.29) is 6.04 Å². The second-order valence-electron chi connectivity index (χ2n) is 4.76. The van der Waals surface area contributed by atoms with Crippen LogP contribution in [0.1, 0.15) is 30.6 Å². The van der Waals surface area contributed by atoms with Crippen LogP contribution in [0.2, 0.25) is 0 Å². The quantitative estimate of drug-likeness (QED) is 0.787. The average Bonchev–Trinajstić information content (AvgIpc) is 2.94. The Labute approximate surface area is 117 Å². The summed E-state index contributed by atoms with van der Waals surface area (Å²) in [6.07, 6.45) is 6.22. The average molecular weight is 267 g/mol. The van der Waals surface area contributed by atoms with Gasteiger partial charge in [0.2, 0.25) is 0 Å². The molecule has 1 aromatic carbocycles. The summed E-state index contributed by atoms with van der Waals surface area (Å²) in [4.78, 5) is 8.59. The molecule has 0 saturated heterocycles. The zero-order chi connectivity index (χ0) is 13.9. The van der Waals surface area contributed by atoms with E-state index in [1.165, 1.54) is 0 Å². The summed E-state index contributed by atoms with van der Waals surface area (Å²) in [5.41, 5.74) is 10.2. The summed E-state index contributed by atoms with van der Waals surface area (Å²) < 4.78 is 1.96. The first-order valence-corrected chi connectivity index (χ1v) is 6.77. The van der Waals surface area contributed by atoms with E-state index in [0.717, 1.165) is 35.3 Å². The molecule has 0 spiro atoms. The fourth-order valence-electron chi connectivity index (χ4n) is 2.35. The van der Waals surface area contributed by atoms with Gasteiger partial charge in [0.15, 0.2) is 0 Å². The molecule has 0 fully saturated rings. The number of rotatable bonds is 4. The third kappa shape index (κ3) is 2.28. The lowest BCUT2D eigenvalue weighted by Gasteiger charge is -2.14. The highest BCUT2D eigenvalue weighted by atomic mass is 15.3. The van der Waals surface area contributed by atoms with Gasteiger partial charge in [0, 0.05) is 25.1 Å². The second-order valence-corrected chi connectivity index (χ2v) is 4.76. The SMILES string of the molecule is CCCn1nccc1C(N)c1ccc2nccnc2c1. The van der Waals surface area contributed by atoms with Crippen molar-refractivity contribution < 1.29 is 0 Å². The maximum absolute atomic E-state index is 6.37. The Bertz CT molecular complexity index is 719. The summed E-state index contributed by atoms with van der Waals surface area (Å²) in [7, 11) is 0. The normalized spacial score (nSPS) is 12.7. The number of nitrogens with two attached hydrogens (primary N) is 1. The number of fused-ring (bicyclic) bond motifs is 1. The monoisotopic (exact) mass is 267 g/mol. The van der Waals surface area contributed by atoms with E-state index in [4.69, 9.17) is 5.73 Å². The molecule has 1 atom stereocenters. The molecule has 2 aromatic heterocycles. The van der Waals surface area contributed by atoms with Gasteiger partial charge < -0.3 is 5.73 Å². The highest BCUT2D eigenvalue weighted by molar-refractivity contribution is 5.74. The van der Waals surface area contributed by atoms with Crippen molar-refractivity contribution in [3.8, 4) is 0 Å². The van der Waals surface area contributed by atoms with Crippen LogP contribution in [0.25, 0.3) is 11.0 Å². The predicted octanol–water partition coefficient (Wildman–Crippen LogP) is 2.28. The molecule has 0 aliphatic rings. The molecule has 2 N–H and O–H groups in total. The predicted molar refractivity (Wildman–Crippen MR) is 78.1 cm³/mol. The molecule has 0 bridgehead atoms. The molecule has 0 saturated carbocycles. The summed E-state index contributed by atoms with van der Waals surface area (Å²) in [6, 6.07) is 7.73. The van der Waals surface area contributed by atoms with E-state index < -0.39 is 0 Å². The van der Waals surface area contributed by atoms with Crippen molar-refractivity contribution in [1.29, 1.82) is 0 Å². The lowest BCUT2D eigenvalue weighted by atomic mass is 10.0. The Morgan fingerprint density at radius 3 is 2.70 bits per heavy atom. The van der Waals surface area contributed by atoms with Gasteiger partial charge >= 0.3 is 0 Å². The van der Waals surface area contributed by atoms with E-state index in [1.807, 2.05) is 28.9 Å². The third-order valence-electron chi connectivity index (χ3n) is 3.36. The van der Waals surface area contributed by atoms with Crippen LogP contribution >= 0.6 is 0 Å². The van der Waals surface area contributed by atoms with Gasteiger partial charge in [-0.3, -0.25) is 14.6 Å². The maximum atomic E-state index is 6.37. The van der Waals surface area contributed by atoms with E-state index in [9.17, 15) is 0 Å². The van der Waals surface area contributed by atoms with Gasteiger partial charge in [-0.2, -0.15) is 5.10 Å². The molecule has 20 heavy (non-hydrogen) atoms. The smallest absolute Gasteiger partial charge is 0.0890 e. The van der Waals surface area contributed by atoms with Crippen LogP contribution in [0.5, 0.6) is 0 Å². The van der Waals surface area contributed by atoms with Gasteiger partial charge in [-0.05, 0) is 30.2 Å². The molecule has 5 heteroatoms. The van der Waals surface area contributed by atoms with E-state index in [0.29, 0.717) is 0 Å². The summed E-state index contributed by atoms with van der Waals surface area (Å²) in [5.74, 6) is 0. The molecule has 0 radical (unpaired) electrons. The van der Waals surface area contributed by atoms with Gasteiger partial charge in [0.05, 0.1) is 22.8 Å². The van der Waals surface area contributed by atoms with Crippen LogP contribution in [0.3, 0.4) is 0 Å². The van der Waals surface area contributed by atoms with Crippen LogP contribution in [-0.2, 0) is 6.54 Å². The summed E-state index contributed by atoms with van der Waals surface area (Å²) in [6.45, 7) is 3.01. The molecule has 102 valence electrons. The molecule has 2 heterocycles. The van der Waals surface area contributed by atoms with E-state index in [2.05, 4.69) is 22.0 Å². The van der Waals surface area contributed by atoms with Crippen LogP contribution in [0.15, 0.2) is 42.9 Å². The van der Waals surface area contributed by atoms with Crippen molar-refractivity contribution in [3.05, 3.63) is 54.1 Å². The van der Waals surface area contributed by atoms with Gasteiger partial charge in [-0.25, -0.2) is 0 Å². The molecule has 3 rings (SSSR count). The number of benzene rings is 1. The molecule has 3 aromatic rings. The first-order chi connectivity index (χ1) is 9.79. The Hall–Kier alpha value is -2.27. The topological polar surface area (TPSA) is 69.6 Å². The minimum absolute atomic E-state index is 0.199. The minimum atomic E-state index is -0.199. The number of aryl methyl sites for hydroxylation is 1. The number of hydrogen-bond donors (Lipinski definition) is 1. The number of nitrogens with zero attached hydrogens (tertiary/aromatic N) is 4. The van der Waals surface area contributed by atoms with Crippen LogP contribution in [-0.4, -0.2) is 19.7 Å². The Balaban J connectivity index is 1.99. The minimum Gasteiger partial charge on any atom is -0.319 e. The van der Waals surface area contributed by atoms with Crippen molar-refractivity contribution in [2.24, 2.45) is 5.73 Å². The van der Waals surface area contributed by atoms with Gasteiger partial charge in [-0.1, -0.05) is 13.0 Å². The van der Waals surface area contributed by atoms with Gasteiger partial charge in [-0.15, -0.1) is 0 Å². The molecular formula is C15H17N5. The lowest BCUT2D eigenvalue weighted by Crippen LogP contribution is -2.17. The number of aromatic nitrogens is 4. The molecule has 0 aliphatic carbocycles. The molecule has 1 unspecified atom stereocenters. The van der Waals surface area contributed by atoms with Crippen LogP contribution in [0, 0.1) is 0 Å². The standard InChI is InChI=1S/C15H17N5/c1-2-9-20-14(5-6-19-20)15(16)11-3-4-12-13(10-11)18-8-7-17-12/h3-8,10,15H,2,9,16H2,1H3. The largest absolute Gasteiger partial charge is 0.319 e. The number of hydrogen-bond acceptors (Lipinski definition) is 4. The van der Waals surface area contributed by atoms with Gasteiger partial charge in [0.1, 0.15) is 0 Å². The van der Waals surface area contributed by atoms with E-state index >= 15 is 0 Å². The summed E-state index contributed by atoms with van der Waals surface area (Å²) in [5, 5.41) is 4.32. The molecule has 0 aliphatic heterocycles. The van der Waals surface area contributed by atoms with Crippen molar-refractivity contribution in [3.63, 3.8) is 0 Å². The van der Waals surface area contributed by atoms with Crippen LogP contribution < -0.4 is 5.73 Å². The van der Waals surface area contributed by atoms with Gasteiger partial charge in [0.25, 0.3) is 0 Å². The Morgan fingerprint density at radius 1 is 1.10 bits per heavy atom. The van der Waals surface area contributed by atoms with Crippen molar-refractivity contribution >= 4 is 11.0 Å². The zero-order valence-electron chi connectivity index (χ0n) is 11.4. The maximum Gasteiger partial charge on any atom is 0.0890 e. The van der Waals surface area contributed by atoms with E-state index in [1.54, 1.807) is 18.6 Å². The zero-order valence-corrected chi connectivity index (χ0v) is 11.4. The third-order valence-corrected chi connectivity index (χ3v) is 3.36. The fraction of sp³-hybridized carbons (Fsp3) is 0.267. The lowest BCUT2D eigenvalue weighted by molar-refractivity contribution is 0.560. The van der Waals surface area contributed by atoms with Crippen molar-refractivity contribution in [1.82, 2.24) is 19.7 Å². The molecular weight excluding hydrogens is 250 g/mol. The Kier molecular flexibility index (Phi) is 3.43. The second kappa shape index (κ2) is 5.38. The van der Waals surface area contributed by atoms with Crippen molar-refractivity contribution in [2.45, 2.75) is 25.9 Å². The van der Waals surface area contributed by atoms with Crippen LogP contribution in [0.4, 0.5) is 0 Å². The highest BCUT2D eigenvalue weighted by Crippen LogP contribution is 2.22. The summed E-state index contributed by atoms with van der Waals surface area (Å²) >= 11 is 0. The molecule has 5 nitrogen and oxygen atoms in total. The highest BCUT2D eigenvalue weighted by Gasteiger charge is 2.14. The first-order valence-electron chi connectivity index (χ1n) is 6.77. The first kappa shape index (κ1) is 12.7. The van der Waals surface area contributed by atoms with Crippen molar-refractivity contribution in [2.75, 3.05) is 0 Å².